The van der Waals surface area contributed by atoms with Crippen LogP contribution in [0.5, 0.6) is 5.75 Å². The first-order chi connectivity index (χ1) is 14.3. The van der Waals surface area contributed by atoms with Crippen molar-refractivity contribution in [2.24, 2.45) is 0 Å². The molecule has 3 heterocycles. The number of benzene rings is 1. The lowest BCUT2D eigenvalue weighted by molar-refractivity contribution is -0.137. The van der Waals surface area contributed by atoms with Crippen LogP contribution < -0.4 is 5.32 Å². The first kappa shape index (κ1) is 20.9. The molecule has 2 fully saturated rings. The highest BCUT2D eigenvalue weighted by molar-refractivity contribution is 5.71. The van der Waals surface area contributed by atoms with E-state index < -0.39 is 17.5 Å². The summed E-state index contributed by atoms with van der Waals surface area (Å²) < 4.78 is 38.8. The number of halogens is 3. The third kappa shape index (κ3) is 3.96. The van der Waals surface area contributed by atoms with Crippen molar-refractivity contribution in [3.8, 4) is 17.0 Å². The van der Waals surface area contributed by atoms with Crippen LogP contribution in [0.3, 0.4) is 0 Å². The van der Waals surface area contributed by atoms with Gasteiger partial charge < -0.3 is 15.5 Å². The Morgan fingerprint density at radius 2 is 1.90 bits per heavy atom. The van der Waals surface area contributed by atoms with Gasteiger partial charge in [-0.2, -0.15) is 13.2 Å². The van der Waals surface area contributed by atoms with Crippen molar-refractivity contribution in [3.05, 3.63) is 35.4 Å². The average Bonchev–Trinajstić information content (AvgIpc) is 2.96. The predicted molar refractivity (Wildman–Crippen MR) is 106 cm³/mol. The van der Waals surface area contributed by atoms with Gasteiger partial charge in [0.05, 0.1) is 17.9 Å². The van der Waals surface area contributed by atoms with Gasteiger partial charge in [-0.15, -0.1) is 10.2 Å². The zero-order chi connectivity index (χ0) is 21.5. The average molecular weight is 422 g/mol. The molecule has 30 heavy (non-hydrogen) atoms. The molecule has 0 spiro atoms. The third-order valence-electron chi connectivity index (χ3n) is 6.22. The van der Waals surface area contributed by atoms with Crippen molar-refractivity contribution < 1.29 is 23.4 Å². The van der Waals surface area contributed by atoms with Crippen LogP contribution in [-0.2, 0) is 6.18 Å². The fraction of sp³-hybridized carbons (Fsp3) is 0.524. The maximum Gasteiger partial charge on any atom is 0.416 e. The Morgan fingerprint density at radius 3 is 2.53 bits per heavy atom. The van der Waals surface area contributed by atoms with Crippen molar-refractivity contribution >= 4 is 5.82 Å². The number of nitrogens with zero attached hydrogens (tertiary/aromatic N) is 3. The number of rotatable bonds is 5. The minimum absolute atomic E-state index is 0.143. The van der Waals surface area contributed by atoms with Gasteiger partial charge >= 0.3 is 6.18 Å². The number of anilines is 1. The number of piperidine rings is 1. The quantitative estimate of drug-likeness (QED) is 0.684. The van der Waals surface area contributed by atoms with Crippen LogP contribution in [0.1, 0.15) is 36.8 Å². The molecule has 0 aliphatic carbocycles. The molecule has 6 nitrogen and oxygen atoms in total. The van der Waals surface area contributed by atoms with Gasteiger partial charge in [0.2, 0.25) is 0 Å². The smallest absolute Gasteiger partial charge is 0.416 e. The molecule has 3 atom stereocenters. The second kappa shape index (κ2) is 8.03. The highest BCUT2D eigenvalue weighted by Gasteiger charge is 2.42. The number of hydrogen-bond acceptors (Lipinski definition) is 6. The minimum atomic E-state index is -4.52. The summed E-state index contributed by atoms with van der Waals surface area (Å²) in [5.74, 6) is 0.114. The van der Waals surface area contributed by atoms with Crippen LogP contribution in [0.25, 0.3) is 11.3 Å². The number of aliphatic hydroxyl groups is 1. The lowest BCUT2D eigenvalue weighted by Gasteiger charge is -2.40. The Balaban J connectivity index is 1.51. The Bertz CT molecular complexity index is 881. The van der Waals surface area contributed by atoms with Gasteiger partial charge in [0, 0.05) is 30.2 Å². The number of aryl methyl sites for hydroxylation is 1. The maximum absolute atomic E-state index is 12.9. The first-order valence-corrected chi connectivity index (χ1v) is 10.2. The van der Waals surface area contributed by atoms with E-state index in [4.69, 9.17) is 0 Å². The van der Waals surface area contributed by atoms with E-state index in [0.29, 0.717) is 36.2 Å². The number of phenolic OH excluding ortho intramolecular Hbond substituents is 1. The molecule has 1 aromatic carbocycles. The van der Waals surface area contributed by atoms with Gasteiger partial charge in [-0.3, -0.25) is 4.90 Å². The van der Waals surface area contributed by atoms with E-state index in [-0.39, 0.29) is 23.8 Å². The number of phenols is 1. The molecule has 4 rings (SSSR count). The van der Waals surface area contributed by atoms with Crippen LogP contribution in [-0.4, -0.2) is 56.6 Å². The fourth-order valence-electron chi connectivity index (χ4n) is 4.90. The third-order valence-corrected chi connectivity index (χ3v) is 6.22. The molecule has 162 valence electrons. The lowest BCUT2D eigenvalue weighted by Crippen LogP contribution is -2.51. The molecule has 2 bridgehead atoms. The molecule has 1 aromatic heterocycles. The molecule has 2 saturated heterocycles. The number of alkyl halides is 3. The molecule has 2 aromatic rings. The molecule has 0 radical (unpaired) electrons. The highest BCUT2D eigenvalue weighted by Crippen LogP contribution is 2.39. The van der Waals surface area contributed by atoms with Gasteiger partial charge in [-0.25, -0.2) is 0 Å². The van der Waals surface area contributed by atoms with Crippen molar-refractivity contribution in [1.82, 2.24) is 15.1 Å². The van der Waals surface area contributed by atoms with Gasteiger partial charge in [0.15, 0.2) is 0 Å². The van der Waals surface area contributed by atoms with Crippen LogP contribution in [0.15, 0.2) is 24.3 Å². The topological polar surface area (TPSA) is 81.5 Å². The summed E-state index contributed by atoms with van der Waals surface area (Å²) in [4.78, 5) is 2.37. The number of fused-ring (bicyclic) bond motifs is 2. The van der Waals surface area contributed by atoms with Gasteiger partial charge in [0.25, 0.3) is 0 Å². The predicted octanol–water partition coefficient (Wildman–Crippen LogP) is 3.58. The van der Waals surface area contributed by atoms with Gasteiger partial charge in [0.1, 0.15) is 11.6 Å². The standard InChI is InChI=1S/C21H25F3N4O2/c1-12-10-13(21(22,23)24)11-18(30)20(12)16-5-7-19(27-26-16)25-15-4-2-14-3-6-17(15)28(14)8-9-29/h5,7,10-11,14-15,17,29-30H,2-4,6,8-9H2,1H3,(H,25,27)/t14-,15+,17+/m1/s1. The van der Waals surface area contributed by atoms with E-state index in [1.165, 1.54) is 6.92 Å². The van der Waals surface area contributed by atoms with Crippen LogP contribution >= 0.6 is 0 Å². The molecule has 0 amide bonds. The van der Waals surface area contributed by atoms with Gasteiger partial charge in [-0.1, -0.05) is 0 Å². The molecule has 0 saturated carbocycles. The molecule has 3 N–H and O–H groups in total. The molecule has 9 heteroatoms. The van der Waals surface area contributed by atoms with Crippen molar-refractivity contribution in [3.63, 3.8) is 0 Å². The molecule has 0 unspecified atom stereocenters. The second-order valence-corrected chi connectivity index (χ2v) is 8.08. The van der Waals surface area contributed by atoms with Crippen molar-refractivity contribution in [2.45, 2.75) is 56.9 Å². The zero-order valence-corrected chi connectivity index (χ0v) is 16.7. The van der Waals surface area contributed by atoms with Crippen molar-refractivity contribution in [2.75, 3.05) is 18.5 Å². The van der Waals surface area contributed by atoms with Crippen LogP contribution in [0.2, 0.25) is 0 Å². The van der Waals surface area contributed by atoms with E-state index >= 15 is 0 Å². The van der Waals surface area contributed by atoms with Crippen LogP contribution in [0, 0.1) is 6.92 Å². The Labute approximate surface area is 172 Å². The maximum atomic E-state index is 12.9. The van der Waals surface area contributed by atoms with Crippen LogP contribution in [0.4, 0.5) is 19.0 Å². The number of aromatic hydroxyl groups is 1. The van der Waals surface area contributed by atoms with Gasteiger partial charge in [-0.05, 0) is 62.4 Å². The molecule has 2 aliphatic rings. The summed E-state index contributed by atoms with van der Waals surface area (Å²) in [6.07, 6.45) is -0.229. The van der Waals surface area contributed by atoms with E-state index in [2.05, 4.69) is 20.4 Å². The van der Waals surface area contributed by atoms with E-state index in [9.17, 15) is 23.4 Å². The fourth-order valence-corrected chi connectivity index (χ4v) is 4.90. The van der Waals surface area contributed by atoms with E-state index in [1.807, 2.05) is 0 Å². The monoisotopic (exact) mass is 422 g/mol. The summed E-state index contributed by atoms with van der Waals surface area (Å²) in [6.45, 7) is 2.32. The summed E-state index contributed by atoms with van der Waals surface area (Å²) in [5.41, 5.74) is -0.0587. The molecular formula is C21H25F3N4O2. The molecular weight excluding hydrogens is 397 g/mol. The Hall–Kier alpha value is -2.39. The Morgan fingerprint density at radius 1 is 1.13 bits per heavy atom. The number of nitrogens with one attached hydrogen (secondary N) is 1. The number of hydrogen-bond donors (Lipinski definition) is 3. The van der Waals surface area contributed by atoms with E-state index in [1.54, 1.807) is 12.1 Å². The summed E-state index contributed by atoms with van der Waals surface area (Å²) in [6, 6.07) is 6.18. The van der Waals surface area contributed by atoms with E-state index in [0.717, 1.165) is 31.7 Å². The molecule has 2 aliphatic heterocycles. The summed E-state index contributed by atoms with van der Waals surface area (Å²) in [7, 11) is 0. The second-order valence-electron chi connectivity index (χ2n) is 8.08. The SMILES string of the molecule is Cc1cc(C(F)(F)F)cc(O)c1-c1ccc(N[C@H]2CC[C@@H]3CC[C@@H]2N3CCO)nn1. The number of aliphatic hydroxyl groups excluding tert-OH is 1. The zero-order valence-electron chi connectivity index (χ0n) is 16.7. The number of aromatic nitrogens is 2. The normalized spacial score (nSPS) is 24.2. The largest absolute Gasteiger partial charge is 0.507 e. The highest BCUT2D eigenvalue weighted by atomic mass is 19.4. The lowest BCUT2D eigenvalue weighted by atomic mass is 9.97. The minimum Gasteiger partial charge on any atom is -0.507 e. The summed E-state index contributed by atoms with van der Waals surface area (Å²) in [5, 5.41) is 31.3. The van der Waals surface area contributed by atoms with Crippen molar-refractivity contribution in [1.29, 1.82) is 0 Å². The summed E-state index contributed by atoms with van der Waals surface area (Å²) >= 11 is 0. The first-order valence-electron chi connectivity index (χ1n) is 10.2. The Kier molecular flexibility index (Phi) is 5.59.